The number of sulfonamides is 1. The summed E-state index contributed by atoms with van der Waals surface area (Å²) in [6.45, 7) is -0.452. The van der Waals surface area contributed by atoms with E-state index in [1.54, 1.807) is 0 Å². The molecule has 0 spiro atoms. The van der Waals surface area contributed by atoms with Gasteiger partial charge in [-0.05, 0) is 25.0 Å². The molecule has 9 heteroatoms. The minimum atomic E-state index is -3.85. The van der Waals surface area contributed by atoms with E-state index in [0.29, 0.717) is 12.8 Å². The van der Waals surface area contributed by atoms with Crippen LogP contribution in [-0.4, -0.2) is 53.8 Å². The summed E-state index contributed by atoms with van der Waals surface area (Å²) in [4.78, 5) is 27.5. The molecule has 0 bridgehead atoms. The van der Waals surface area contributed by atoms with Crippen molar-refractivity contribution in [1.82, 2.24) is 14.6 Å². The number of carboxylic acids is 1. The van der Waals surface area contributed by atoms with Crippen molar-refractivity contribution < 1.29 is 23.1 Å². The molecule has 2 rings (SSSR count). The fraction of sp³-hybridized carbons (Fsp3) is 0.533. The van der Waals surface area contributed by atoms with Gasteiger partial charge < -0.3 is 10.4 Å². The second kappa shape index (κ2) is 7.27. The number of carboxylic acid groups (broad SMARTS) is 1. The zero-order valence-electron chi connectivity index (χ0n) is 13.4. The Morgan fingerprint density at radius 2 is 2.00 bits per heavy atom. The monoisotopic (exact) mass is 355 g/mol. The van der Waals surface area contributed by atoms with Gasteiger partial charge in [0.1, 0.15) is 10.4 Å². The van der Waals surface area contributed by atoms with Crippen LogP contribution in [0.2, 0.25) is 0 Å². The maximum Gasteiger partial charge on any atom is 0.329 e. The van der Waals surface area contributed by atoms with Crippen LogP contribution in [0.25, 0.3) is 0 Å². The average Bonchev–Trinajstić information content (AvgIpc) is 2.56. The van der Waals surface area contributed by atoms with E-state index in [1.165, 1.54) is 31.6 Å². The lowest BCUT2D eigenvalue weighted by atomic mass is 9.81. The highest BCUT2D eigenvalue weighted by atomic mass is 32.2. The van der Waals surface area contributed by atoms with Crippen molar-refractivity contribution in [1.29, 1.82) is 0 Å². The Morgan fingerprint density at radius 3 is 2.54 bits per heavy atom. The number of pyridine rings is 1. The van der Waals surface area contributed by atoms with Gasteiger partial charge in [-0.3, -0.25) is 9.78 Å². The van der Waals surface area contributed by atoms with Gasteiger partial charge in [-0.2, -0.15) is 4.31 Å². The molecule has 0 aliphatic heterocycles. The molecule has 1 heterocycles. The largest absolute Gasteiger partial charge is 0.480 e. The SMILES string of the molecule is CN(CC(=O)NC1(C(=O)O)CCCCC1)S(=O)(=O)c1cccnc1. The minimum Gasteiger partial charge on any atom is -0.480 e. The number of aromatic nitrogens is 1. The van der Waals surface area contributed by atoms with E-state index in [1.807, 2.05) is 0 Å². The van der Waals surface area contributed by atoms with Gasteiger partial charge in [0.2, 0.25) is 15.9 Å². The molecule has 0 unspecified atom stereocenters. The average molecular weight is 355 g/mol. The molecule has 1 amide bonds. The molecular formula is C15H21N3O5S. The normalized spacial score (nSPS) is 17.4. The highest BCUT2D eigenvalue weighted by Gasteiger charge is 2.41. The molecule has 132 valence electrons. The van der Waals surface area contributed by atoms with Crippen molar-refractivity contribution in [2.24, 2.45) is 0 Å². The smallest absolute Gasteiger partial charge is 0.329 e. The van der Waals surface area contributed by atoms with E-state index in [4.69, 9.17) is 0 Å². The third-order valence-electron chi connectivity index (χ3n) is 4.20. The quantitative estimate of drug-likeness (QED) is 0.772. The first kappa shape index (κ1) is 18.3. The molecule has 8 nitrogen and oxygen atoms in total. The van der Waals surface area contributed by atoms with Crippen molar-refractivity contribution in [3.8, 4) is 0 Å². The molecule has 1 fully saturated rings. The minimum absolute atomic E-state index is 0.0223. The van der Waals surface area contributed by atoms with Crippen LogP contribution in [0, 0.1) is 0 Å². The van der Waals surface area contributed by atoms with Gasteiger partial charge in [0.15, 0.2) is 0 Å². The van der Waals surface area contributed by atoms with Gasteiger partial charge in [-0.25, -0.2) is 13.2 Å². The summed E-state index contributed by atoms with van der Waals surface area (Å²) in [6.07, 6.45) is 5.72. The van der Waals surface area contributed by atoms with Crippen molar-refractivity contribution in [3.63, 3.8) is 0 Å². The van der Waals surface area contributed by atoms with E-state index in [0.717, 1.165) is 23.6 Å². The molecule has 2 N–H and O–H groups in total. The molecule has 1 aromatic heterocycles. The summed E-state index contributed by atoms with van der Waals surface area (Å²) in [6, 6.07) is 2.87. The summed E-state index contributed by atoms with van der Waals surface area (Å²) in [5.74, 6) is -1.71. The van der Waals surface area contributed by atoms with Crippen LogP contribution in [-0.2, 0) is 19.6 Å². The van der Waals surface area contributed by atoms with Crippen LogP contribution < -0.4 is 5.32 Å². The molecule has 0 atom stereocenters. The zero-order valence-corrected chi connectivity index (χ0v) is 14.3. The van der Waals surface area contributed by atoms with Crippen molar-refractivity contribution in [2.75, 3.05) is 13.6 Å². The second-order valence-corrected chi connectivity index (χ2v) is 7.99. The number of likely N-dealkylation sites (N-methyl/N-ethyl adjacent to an activating group) is 1. The van der Waals surface area contributed by atoms with E-state index in [2.05, 4.69) is 10.3 Å². The number of hydrogen-bond acceptors (Lipinski definition) is 5. The number of amides is 1. The lowest BCUT2D eigenvalue weighted by Crippen LogP contribution is -2.57. The summed E-state index contributed by atoms with van der Waals surface area (Å²) < 4.78 is 25.6. The number of nitrogens with one attached hydrogen (secondary N) is 1. The predicted molar refractivity (Wildman–Crippen MR) is 85.6 cm³/mol. The van der Waals surface area contributed by atoms with Crippen LogP contribution in [0.1, 0.15) is 32.1 Å². The van der Waals surface area contributed by atoms with E-state index < -0.39 is 34.0 Å². The fourth-order valence-electron chi connectivity index (χ4n) is 2.82. The molecule has 1 aliphatic carbocycles. The summed E-state index contributed by atoms with van der Waals surface area (Å²) in [7, 11) is -2.58. The summed E-state index contributed by atoms with van der Waals surface area (Å²) in [5, 5.41) is 12.0. The number of hydrogen-bond donors (Lipinski definition) is 2. The Hall–Kier alpha value is -2.00. The number of carbonyl (C=O) groups excluding carboxylic acids is 1. The van der Waals surface area contributed by atoms with E-state index >= 15 is 0 Å². The Balaban J connectivity index is 2.07. The molecule has 1 saturated carbocycles. The Bertz CT molecular complexity index is 699. The standard InChI is InChI=1S/C15H21N3O5S/c1-18(24(22,23)12-6-5-9-16-10-12)11-13(19)17-15(14(20)21)7-3-2-4-8-15/h5-6,9-10H,2-4,7-8,11H2,1H3,(H,17,19)(H,20,21). The van der Waals surface area contributed by atoms with E-state index in [-0.39, 0.29) is 4.90 Å². The number of aliphatic carboxylic acids is 1. The maximum absolute atomic E-state index is 12.4. The van der Waals surface area contributed by atoms with Gasteiger partial charge in [-0.1, -0.05) is 19.3 Å². The van der Waals surface area contributed by atoms with Gasteiger partial charge in [-0.15, -0.1) is 0 Å². The van der Waals surface area contributed by atoms with Crippen LogP contribution >= 0.6 is 0 Å². The molecule has 0 radical (unpaired) electrons. The first-order chi connectivity index (χ1) is 11.3. The van der Waals surface area contributed by atoms with Crippen molar-refractivity contribution in [2.45, 2.75) is 42.5 Å². The topological polar surface area (TPSA) is 117 Å². The van der Waals surface area contributed by atoms with Gasteiger partial charge in [0.05, 0.1) is 6.54 Å². The van der Waals surface area contributed by atoms with Crippen LogP contribution in [0.15, 0.2) is 29.4 Å². The lowest BCUT2D eigenvalue weighted by molar-refractivity contribution is -0.149. The van der Waals surface area contributed by atoms with Gasteiger partial charge in [0, 0.05) is 19.4 Å². The summed E-state index contributed by atoms with van der Waals surface area (Å²) >= 11 is 0. The van der Waals surface area contributed by atoms with E-state index in [9.17, 15) is 23.1 Å². The Labute approximate surface area is 140 Å². The molecule has 1 aliphatic rings. The molecule has 0 saturated heterocycles. The predicted octanol–water partition coefficient (Wildman–Crippen LogP) is 0.606. The van der Waals surface area contributed by atoms with Crippen LogP contribution in [0.5, 0.6) is 0 Å². The number of nitrogens with zero attached hydrogens (tertiary/aromatic N) is 2. The lowest BCUT2D eigenvalue weighted by Gasteiger charge is -2.34. The third-order valence-corrected chi connectivity index (χ3v) is 5.99. The molecule has 24 heavy (non-hydrogen) atoms. The fourth-order valence-corrected chi connectivity index (χ4v) is 3.91. The first-order valence-corrected chi connectivity index (χ1v) is 9.13. The second-order valence-electron chi connectivity index (χ2n) is 5.95. The molecule has 1 aromatic rings. The number of rotatable bonds is 6. The zero-order chi connectivity index (χ0) is 17.8. The third kappa shape index (κ3) is 3.90. The van der Waals surface area contributed by atoms with Gasteiger partial charge in [0.25, 0.3) is 0 Å². The Kier molecular flexibility index (Phi) is 5.55. The highest BCUT2D eigenvalue weighted by molar-refractivity contribution is 7.89. The Morgan fingerprint density at radius 1 is 1.33 bits per heavy atom. The van der Waals surface area contributed by atoms with Crippen molar-refractivity contribution in [3.05, 3.63) is 24.5 Å². The van der Waals surface area contributed by atoms with Crippen LogP contribution in [0.3, 0.4) is 0 Å². The van der Waals surface area contributed by atoms with Gasteiger partial charge >= 0.3 is 5.97 Å². The maximum atomic E-state index is 12.4. The molecular weight excluding hydrogens is 334 g/mol. The number of carbonyl (C=O) groups is 2. The van der Waals surface area contributed by atoms with Crippen molar-refractivity contribution >= 4 is 21.9 Å². The first-order valence-electron chi connectivity index (χ1n) is 7.69. The highest BCUT2D eigenvalue weighted by Crippen LogP contribution is 2.28. The van der Waals surface area contributed by atoms with Crippen LogP contribution in [0.4, 0.5) is 0 Å². The summed E-state index contributed by atoms with van der Waals surface area (Å²) in [5.41, 5.74) is -1.30. The molecule has 0 aromatic carbocycles.